The molecule has 0 aromatic carbocycles. The summed E-state index contributed by atoms with van der Waals surface area (Å²) in [6.45, 7) is 4.88. The maximum absolute atomic E-state index is 12.4. The van der Waals surface area contributed by atoms with Crippen LogP contribution in [0.5, 0.6) is 0 Å². The highest BCUT2D eigenvalue weighted by molar-refractivity contribution is 5.80. The molecular weight excluding hydrogens is 296 g/mol. The molecule has 0 bridgehead atoms. The molecule has 23 heavy (non-hydrogen) atoms. The maximum atomic E-state index is 12.4. The normalized spacial score (nSPS) is 19.3. The van der Waals surface area contributed by atoms with Crippen molar-refractivity contribution in [1.82, 2.24) is 35.6 Å². The first-order chi connectivity index (χ1) is 11.1. The molecule has 4 heterocycles. The molecule has 2 aromatic rings. The Morgan fingerprint density at radius 2 is 2.00 bits per heavy atom. The van der Waals surface area contributed by atoms with E-state index in [1.54, 1.807) is 4.52 Å². The van der Waals surface area contributed by atoms with Gasteiger partial charge in [0.1, 0.15) is 5.82 Å². The Morgan fingerprint density at radius 1 is 1.26 bits per heavy atom. The monoisotopic (exact) mass is 316 g/mol. The fourth-order valence-electron chi connectivity index (χ4n) is 3.05. The van der Waals surface area contributed by atoms with Gasteiger partial charge >= 0.3 is 0 Å². The lowest BCUT2D eigenvalue weighted by molar-refractivity contribution is -0.135. The lowest BCUT2D eigenvalue weighted by Crippen LogP contribution is -2.61. The molecule has 0 unspecified atom stereocenters. The van der Waals surface area contributed by atoms with Gasteiger partial charge in [0.15, 0.2) is 11.5 Å². The number of nitrogens with zero attached hydrogens (tertiary/aromatic N) is 6. The van der Waals surface area contributed by atoms with E-state index in [1.807, 2.05) is 31.0 Å². The number of rotatable bonds is 3. The van der Waals surface area contributed by atoms with Crippen molar-refractivity contribution in [3.05, 3.63) is 18.0 Å². The zero-order valence-corrected chi connectivity index (χ0v) is 13.2. The summed E-state index contributed by atoms with van der Waals surface area (Å²) in [4.78, 5) is 16.4. The second-order valence-electron chi connectivity index (χ2n) is 6.18. The summed E-state index contributed by atoms with van der Waals surface area (Å²) < 4.78 is 1.74. The van der Waals surface area contributed by atoms with Gasteiger partial charge in [0.25, 0.3) is 0 Å². The zero-order chi connectivity index (χ0) is 16.0. The van der Waals surface area contributed by atoms with Crippen molar-refractivity contribution in [2.75, 3.05) is 38.1 Å². The first kappa shape index (κ1) is 14.3. The number of carbonyl (C=O) groups is 1. The van der Waals surface area contributed by atoms with Gasteiger partial charge in [-0.3, -0.25) is 15.6 Å². The molecule has 1 amide bonds. The van der Waals surface area contributed by atoms with Gasteiger partial charge in [-0.2, -0.15) is 4.52 Å². The summed E-state index contributed by atoms with van der Waals surface area (Å²) in [5.41, 5.74) is 6.76. The summed E-state index contributed by atoms with van der Waals surface area (Å²) >= 11 is 0. The van der Waals surface area contributed by atoms with Gasteiger partial charge in [-0.05, 0) is 19.1 Å². The minimum Gasteiger partial charge on any atom is -0.351 e. The van der Waals surface area contributed by atoms with Crippen LogP contribution in [0.1, 0.15) is 5.82 Å². The minimum absolute atomic E-state index is 0.0307. The largest absolute Gasteiger partial charge is 0.351 e. The van der Waals surface area contributed by atoms with Gasteiger partial charge in [0.05, 0.1) is 12.0 Å². The molecule has 9 heteroatoms. The first-order valence-corrected chi connectivity index (χ1v) is 7.80. The molecule has 0 atom stereocenters. The lowest BCUT2D eigenvalue weighted by atomic mass is 10.0. The van der Waals surface area contributed by atoms with Crippen molar-refractivity contribution in [3.8, 4) is 0 Å². The molecule has 122 valence electrons. The Labute approximate surface area is 133 Å². The predicted octanol–water partition coefficient (Wildman–Crippen LogP) is -1.20. The molecule has 2 N–H and O–H groups in total. The third-order valence-electron chi connectivity index (χ3n) is 4.66. The van der Waals surface area contributed by atoms with Crippen molar-refractivity contribution in [2.24, 2.45) is 5.92 Å². The van der Waals surface area contributed by atoms with Gasteiger partial charge in [-0.25, -0.2) is 0 Å². The van der Waals surface area contributed by atoms with Gasteiger partial charge in [-0.15, -0.1) is 15.3 Å². The highest BCUT2D eigenvalue weighted by Gasteiger charge is 2.36. The van der Waals surface area contributed by atoms with Gasteiger partial charge in [-0.1, -0.05) is 0 Å². The fourth-order valence-corrected chi connectivity index (χ4v) is 3.05. The molecule has 2 fully saturated rings. The number of fused-ring (bicyclic) bond motifs is 1. The number of aryl methyl sites for hydroxylation is 1. The van der Waals surface area contributed by atoms with E-state index in [9.17, 15) is 4.79 Å². The molecule has 2 aliphatic rings. The van der Waals surface area contributed by atoms with Crippen LogP contribution >= 0.6 is 0 Å². The third kappa shape index (κ3) is 2.41. The van der Waals surface area contributed by atoms with Crippen molar-refractivity contribution in [3.63, 3.8) is 0 Å². The van der Waals surface area contributed by atoms with Crippen molar-refractivity contribution in [1.29, 1.82) is 0 Å². The molecule has 2 aromatic heterocycles. The third-order valence-corrected chi connectivity index (χ3v) is 4.66. The standard InChI is InChI=1S/C14H20N8O/c1-9-17-18-12-3-4-13(19-22(9)12)21-7-11(8-21)20(2)14(23)10-5-15-16-6-10/h3-4,10-11,15-16H,5-8H2,1-2H3. The fraction of sp³-hybridized carbons (Fsp3) is 0.571. The molecule has 0 aliphatic carbocycles. The molecule has 0 radical (unpaired) electrons. The Balaban J connectivity index is 1.41. The van der Waals surface area contributed by atoms with Crippen LogP contribution in [0, 0.1) is 12.8 Å². The predicted molar refractivity (Wildman–Crippen MR) is 83.8 cm³/mol. The van der Waals surface area contributed by atoms with E-state index in [4.69, 9.17) is 0 Å². The van der Waals surface area contributed by atoms with Crippen LogP contribution in [0.4, 0.5) is 5.82 Å². The average Bonchev–Trinajstić information content (AvgIpc) is 3.15. The SMILES string of the molecule is Cc1nnc2ccc(N3CC(N(C)C(=O)C4CNNC4)C3)nn12. The van der Waals surface area contributed by atoms with Crippen LogP contribution in [-0.4, -0.2) is 69.9 Å². The number of carbonyl (C=O) groups excluding carboxylic acids is 1. The van der Waals surface area contributed by atoms with E-state index < -0.39 is 0 Å². The number of anilines is 1. The Kier molecular flexibility index (Phi) is 3.38. The summed E-state index contributed by atoms with van der Waals surface area (Å²) in [5, 5.41) is 12.6. The van der Waals surface area contributed by atoms with Crippen molar-refractivity contribution in [2.45, 2.75) is 13.0 Å². The molecule has 2 saturated heterocycles. The zero-order valence-electron chi connectivity index (χ0n) is 13.2. The molecule has 9 nitrogen and oxygen atoms in total. The maximum Gasteiger partial charge on any atom is 0.228 e. The molecule has 2 aliphatic heterocycles. The van der Waals surface area contributed by atoms with Gasteiger partial charge in [0, 0.05) is 33.2 Å². The smallest absolute Gasteiger partial charge is 0.228 e. The lowest BCUT2D eigenvalue weighted by Gasteiger charge is -2.45. The van der Waals surface area contributed by atoms with Gasteiger partial charge in [0.2, 0.25) is 5.91 Å². The molecule has 4 rings (SSSR count). The summed E-state index contributed by atoms with van der Waals surface area (Å²) in [6.07, 6.45) is 0. The minimum atomic E-state index is 0.0307. The average molecular weight is 316 g/mol. The second kappa shape index (κ2) is 5.43. The summed E-state index contributed by atoms with van der Waals surface area (Å²) in [6, 6.07) is 4.11. The van der Waals surface area contributed by atoms with Crippen LogP contribution < -0.4 is 15.8 Å². The van der Waals surface area contributed by atoms with Gasteiger partial charge < -0.3 is 9.80 Å². The number of nitrogens with one attached hydrogen (secondary N) is 2. The quantitative estimate of drug-likeness (QED) is 0.735. The number of hydrogen-bond acceptors (Lipinski definition) is 7. The Hall–Kier alpha value is -2.26. The van der Waals surface area contributed by atoms with E-state index in [-0.39, 0.29) is 17.9 Å². The number of amides is 1. The van der Waals surface area contributed by atoms with Crippen LogP contribution in [-0.2, 0) is 4.79 Å². The highest BCUT2D eigenvalue weighted by Crippen LogP contribution is 2.22. The van der Waals surface area contributed by atoms with E-state index in [2.05, 4.69) is 31.0 Å². The van der Waals surface area contributed by atoms with Crippen LogP contribution in [0.25, 0.3) is 5.65 Å². The Morgan fingerprint density at radius 3 is 2.74 bits per heavy atom. The number of hydrogen-bond donors (Lipinski definition) is 2. The van der Waals surface area contributed by atoms with E-state index in [1.165, 1.54) is 0 Å². The summed E-state index contributed by atoms with van der Waals surface area (Å²) in [7, 11) is 1.89. The number of likely N-dealkylation sites (N-methyl/N-ethyl adjacent to an activating group) is 1. The topological polar surface area (TPSA) is 90.7 Å². The van der Waals surface area contributed by atoms with E-state index in [0.29, 0.717) is 13.1 Å². The first-order valence-electron chi connectivity index (χ1n) is 7.80. The highest BCUT2D eigenvalue weighted by atomic mass is 16.2. The van der Waals surface area contributed by atoms with Crippen LogP contribution in [0.15, 0.2) is 12.1 Å². The van der Waals surface area contributed by atoms with Crippen molar-refractivity contribution >= 4 is 17.4 Å². The van der Waals surface area contributed by atoms with Crippen LogP contribution in [0.3, 0.4) is 0 Å². The molecular formula is C14H20N8O. The summed E-state index contributed by atoms with van der Waals surface area (Å²) in [5.74, 6) is 1.89. The van der Waals surface area contributed by atoms with Crippen LogP contribution in [0.2, 0.25) is 0 Å². The van der Waals surface area contributed by atoms with E-state index >= 15 is 0 Å². The van der Waals surface area contributed by atoms with Crippen molar-refractivity contribution < 1.29 is 4.79 Å². The second-order valence-corrected chi connectivity index (χ2v) is 6.18. The van der Waals surface area contributed by atoms with E-state index in [0.717, 1.165) is 30.4 Å². The Bertz CT molecular complexity index is 731. The number of hydrazine groups is 1. The molecule has 0 spiro atoms. The number of aromatic nitrogens is 4. The molecule has 0 saturated carbocycles.